The van der Waals surface area contributed by atoms with E-state index in [1.807, 2.05) is 0 Å². The molecule has 1 fully saturated rings. The van der Waals surface area contributed by atoms with Gasteiger partial charge in [-0.2, -0.15) is 0 Å². The quantitative estimate of drug-likeness (QED) is 0.922. The standard InChI is InChI=1S/C16H19N3O2S/c20-16(21)10-4-3-7-19(8-10)14-13-11-5-1-2-6-12(11)22-15(13)18-9-17-14/h9-10H,1-8H2,(H,20,21)/t10-/m0/s1. The summed E-state index contributed by atoms with van der Waals surface area (Å²) in [5, 5.41) is 10.5. The zero-order valence-corrected chi connectivity index (χ0v) is 13.2. The van der Waals surface area contributed by atoms with Crippen LogP contribution in [-0.2, 0) is 17.6 Å². The zero-order chi connectivity index (χ0) is 15.1. The number of aromatic nitrogens is 2. The number of anilines is 1. The minimum atomic E-state index is -0.692. The molecular formula is C16H19N3O2S. The van der Waals surface area contributed by atoms with E-state index in [0.29, 0.717) is 6.54 Å². The monoisotopic (exact) mass is 317 g/mol. The van der Waals surface area contributed by atoms with Gasteiger partial charge in [-0.3, -0.25) is 4.79 Å². The van der Waals surface area contributed by atoms with Gasteiger partial charge in [0, 0.05) is 18.0 Å². The Hall–Kier alpha value is -1.69. The molecule has 2 aromatic heterocycles. The summed E-state index contributed by atoms with van der Waals surface area (Å²) in [4.78, 5) is 25.0. The number of rotatable bonds is 2. The van der Waals surface area contributed by atoms with Crippen LogP contribution >= 0.6 is 11.3 Å². The van der Waals surface area contributed by atoms with Crippen molar-refractivity contribution in [1.29, 1.82) is 0 Å². The Morgan fingerprint density at radius 1 is 1.27 bits per heavy atom. The number of carbonyl (C=O) groups is 1. The molecule has 0 spiro atoms. The second-order valence-electron chi connectivity index (χ2n) is 6.21. The number of fused-ring (bicyclic) bond motifs is 3. The number of carboxylic acid groups (broad SMARTS) is 1. The number of carboxylic acids is 1. The van der Waals surface area contributed by atoms with Crippen LogP contribution in [0.1, 0.15) is 36.1 Å². The molecule has 116 valence electrons. The number of hydrogen-bond acceptors (Lipinski definition) is 5. The lowest BCUT2D eigenvalue weighted by atomic mass is 9.95. The lowest BCUT2D eigenvalue weighted by Crippen LogP contribution is -2.39. The maximum Gasteiger partial charge on any atom is 0.308 e. The first-order valence-electron chi connectivity index (χ1n) is 7.97. The lowest BCUT2D eigenvalue weighted by molar-refractivity contribution is -0.141. The molecule has 3 heterocycles. The Bertz CT molecular complexity index is 727. The molecule has 0 unspecified atom stereocenters. The third-order valence-corrected chi connectivity index (χ3v) is 6.00. The van der Waals surface area contributed by atoms with Crippen LogP contribution in [0.2, 0.25) is 0 Å². The second kappa shape index (κ2) is 5.50. The molecule has 1 aliphatic heterocycles. The third-order valence-electron chi connectivity index (χ3n) is 4.80. The van der Waals surface area contributed by atoms with Gasteiger partial charge in [0.05, 0.1) is 11.3 Å². The van der Waals surface area contributed by atoms with Gasteiger partial charge in [0.1, 0.15) is 17.0 Å². The third kappa shape index (κ3) is 2.26. The van der Waals surface area contributed by atoms with E-state index in [4.69, 9.17) is 0 Å². The van der Waals surface area contributed by atoms with Crippen molar-refractivity contribution in [2.45, 2.75) is 38.5 Å². The summed E-state index contributed by atoms with van der Waals surface area (Å²) in [6, 6.07) is 0. The van der Waals surface area contributed by atoms with Gasteiger partial charge in [0.25, 0.3) is 0 Å². The van der Waals surface area contributed by atoms with E-state index in [9.17, 15) is 9.90 Å². The van der Waals surface area contributed by atoms with Gasteiger partial charge in [-0.25, -0.2) is 9.97 Å². The average molecular weight is 317 g/mol. The molecule has 6 heteroatoms. The van der Waals surface area contributed by atoms with E-state index >= 15 is 0 Å². The number of nitrogens with zero attached hydrogens (tertiary/aromatic N) is 3. The van der Waals surface area contributed by atoms with E-state index in [2.05, 4.69) is 14.9 Å². The molecule has 0 aromatic carbocycles. The molecule has 0 amide bonds. The first kappa shape index (κ1) is 13.9. The number of aryl methyl sites for hydroxylation is 2. The van der Waals surface area contributed by atoms with Gasteiger partial charge < -0.3 is 10.0 Å². The average Bonchev–Trinajstić information content (AvgIpc) is 2.93. The van der Waals surface area contributed by atoms with Crippen LogP contribution in [0.4, 0.5) is 5.82 Å². The van der Waals surface area contributed by atoms with Crippen molar-refractivity contribution in [3.05, 3.63) is 16.8 Å². The molecule has 0 radical (unpaired) electrons. The highest BCUT2D eigenvalue weighted by Crippen LogP contribution is 2.40. The molecule has 1 atom stereocenters. The summed E-state index contributed by atoms with van der Waals surface area (Å²) in [7, 11) is 0. The largest absolute Gasteiger partial charge is 0.481 e. The maximum absolute atomic E-state index is 11.3. The normalized spacial score (nSPS) is 21.8. The minimum absolute atomic E-state index is 0.284. The van der Waals surface area contributed by atoms with Crippen molar-refractivity contribution in [1.82, 2.24) is 9.97 Å². The van der Waals surface area contributed by atoms with Crippen LogP contribution in [0.3, 0.4) is 0 Å². The summed E-state index contributed by atoms with van der Waals surface area (Å²) >= 11 is 1.79. The van der Waals surface area contributed by atoms with Gasteiger partial charge in [0.15, 0.2) is 0 Å². The highest BCUT2D eigenvalue weighted by Gasteiger charge is 2.29. The van der Waals surface area contributed by atoms with Crippen molar-refractivity contribution < 1.29 is 9.90 Å². The molecule has 0 bridgehead atoms. The Balaban J connectivity index is 1.78. The maximum atomic E-state index is 11.3. The van der Waals surface area contributed by atoms with Crippen molar-refractivity contribution in [2.24, 2.45) is 5.92 Å². The Morgan fingerprint density at radius 2 is 2.14 bits per heavy atom. The van der Waals surface area contributed by atoms with E-state index in [1.54, 1.807) is 17.7 Å². The molecular weight excluding hydrogens is 298 g/mol. The fourth-order valence-electron chi connectivity index (χ4n) is 3.68. The summed E-state index contributed by atoms with van der Waals surface area (Å²) in [5.74, 6) is -0.0223. The van der Waals surface area contributed by atoms with Crippen molar-refractivity contribution in [3.8, 4) is 0 Å². The van der Waals surface area contributed by atoms with Gasteiger partial charge in [-0.05, 0) is 44.1 Å². The van der Waals surface area contributed by atoms with Crippen LogP contribution < -0.4 is 4.90 Å². The van der Waals surface area contributed by atoms with Crippen LogP contribution in [0.5, 0.6) is 0 Å². The minimum Gasteiger partial charge on any atom is -0.481 e. The topological polar surface area (TPSA) is 66.3 Å². The van der Waals surface area contributed by atoms with Gasteiger partial charge in [-0.15, -0.1) is 11.3 Å². The fraction of sp³-hybridized carbons (Fsp3) is 0.562. The summed E-state index contributed by atoms with van der Waals surface area (Å²) in [6.07, 6.45) is 8.04. The molecule has 2 aromatic rings. The molecule has 1 N–H and O–H groups in total. The highest BCUT2D eigenvalue weighted by molar-refractivity contribution is 7.19. The first-order chi connectivity index (χ1) is 10.7. The van der Waals surface area contributed by atoms with Crippen molar-refractivity contribution in [2.75, 3.05) is 18.0 Å². The predicted octanol–water partition coefficient (Wildman–Crippen LogP) is 2.87. The molecule has 5 nitrogen and oxygen atoms in total. The van der Waals surface area contributed by atoms with Gasteiger partial charge in [-0.1, -0.05) is 0 Å². The number of hydrogen-bond donors (Lipinski definition) is 1. The number of piperidine rings is 1. The van der Waals surface area contributed by atoms with Crippen molar-refractivity contribution >= 4 is 33.3 Å². The molecule has 2 aliphatic rings. The lowest BCUT2D eigenvalue weighted by Gasteiger charge is -2.32. The van der Waals surface area contributed by atoms with E-state index < -0.39 is 5.97 Å². The van der Waals surface area contributed by atoms with Crippen molar-refractivity contribution in [3.63, 3.8) is 0 Å². The molecule has 0 saturated carbocycles. The SMILES string of the molecule is O=C(O)[C@H]1CCCN(c2ncnc3sc4c(c23)CCCC4)C1. The first-order valence-corrected chi connectivity index (χ1v) is 8.78. The summed E-state index contributed by atoms with van der Waals surface area (Å²) in [6.45, 7) is 1.45. The van der Waals surface area contributed by atoms with Crippen LogP contribution in [0.25, 0.3) is 10.2 Å². The zero-order valence-electron chi connectivity index (χ0n) is 12.4. The van der Waals surface area contributed by atoms with E-state index in [0.717, 1.165) is 42.9 Å². The van der Waals surface area contributed by atoms with Crippen LogP contribution in [0.15, 0.2) is 6.33 Å². The van der Waals surface area contributed by atoms with Crippen LogP contribution in [0, 0.1) is 5.92 Å². The summed E-state index contributed by atoms with van der Waals surface area (Å²) < 4.78 is 0. The molecule has 22 heavy (non-hydrogen) atoms. The summed E-state index contributed by atoms with van der Waals surface area (Å²) in [5.41, 5.74) is 1.42. The van der Waals surface area contributed by atoms with E-state index in [-0.39, 0.29) is 5.92 Å². The Kier molecular flexibility index (Phi) is 3.48. The molecule has 4 rings (SSSR count). The molecule has 1 aliphatic carbocycles. The second-order valence-corrected chi connectivity index (χ2v) is 7.30. The number of thiophene rings is 1. The van der Waals surface area contributed by atoms with Gasteiger partial charge in [0.2, 0.25) is 0 Å². The van der Waals surface area contributed by atoms with E-state index in [1.165, 1.54) is 28.7 Å². The Morgan fingerprint density at radius 3 is 3.00 bits per heavy atom. The fourth-order valence-corrected chi connectivity index (χ4v) is 4.91. The van der Waals surface area contributed by atoms with Crippen LogP contribution in [-0.4, -0.2) is 34.1 Å². The van der Waals surface area contributed by atoms with Gasteiger partial charge >= 0.3 is 5.97 Å². The smallest absolute Gasteiger partial charge is 0.308 e. The Labute approximate surface area is 133 Å². The number of aliphatic carboxylic acids is 1. The highest BCUT2D eigenvalue weighted by atomic mass is 32.1. The molecule has 1 saturated heterocycles. The predicted molar refractivity (Wildman–Crippen MR) is 86.6 cm³/mol.